The molecule has 0 aliphatic heterocycles. The van der Waals surface area contributed by atoms with E-state index in [4.69, 9.17) is 11.5 Å². The Bertz CT molecular complexity index is 216. The number of carbonyl (C=O) groups is 2. The first-order valence-electron chi connectivity index (χ1n) is 4.68. The fourth-order valence-corrected chi connectivity index (χ4v) is 0.821. The average Bonchev–Trinajstić information content (AvgIpc) is 2.03. The monoisotopic (exact) mass is 201 g/mol. The van der Waals surface area contributed by atoms with Crippen molar-refractivity contribution in [3.63, 3.8) is 0 Å². The molecule has 14 heavy (non-hydrogen) atoms. The van der Waals surface area contributed by atoms with E-state index < -0.39 is 11.9 Å². The van der Waals surface area contributed by atoms with Gasteiger partial charge in [-0.05, 0) is 12.8 Å². The summed E-state index contributed by atoms with van der Waals surface area (Å²) in [6.45, 7) is 5.42. The van der Waals surface area contributed by atoms with Gasteiger partial charge in [0.05, 0.1) is 0 Å². The molecule has 5 nitrogen and oxygen atoms in total. The van der Waals surface area contributed by atoms with Gasteiger partial charge in [0.1, 0.15) is 6.04 Å². The molecule has 0 spiro atoms. The van der Waals surface area contributed by atoms with E-state index in [0.29, 0.717) is 0 Å². The van der Waals surface area contributed by atoms with Gasteiger partial charge in [0, 0.05) is 12.5 Å². The number of carbonyl (C=O) groups excluding carboxylic acids is 2. The highest BCUT2D eigenvalue weighted by Gasteiger charge is 2.16. The topological polar surface area (TPSA) is 98.2 Å². The van der Waals surface area contributed by atoms with Gasteiger partial charge in [0.25, 0.3) is 0 Å². The Morgan fingerprint density at radius 1 is 1.29 bits per heavy atom. The van der Waals surface area contributed by atoms with Crippen LogP contribution in [0.3, 0.4) is 0 Å². The van der Waals surface area contributed by atoms with Crippen LogP contribution in [0.25, 0.3) is 0 Å². The minimum atomic E-state index is -0.637. The summed E-state index contributed by atoms with van der Waals surface area (Å²) < 4.78 is 0. The first kappa shape index (κ1) is 12.9. The second-order valence-electron chi connectivity index (χ2n) is 3.80. The van der Waals surface area contributed by atoms with E-state index in [9.17, 15) is 9.59 Å². The normalized spacial score (nSPS) is 14.9. The number of hydrogen-bond acceptors (Lipinski definition) is 3. The van der Waals surface area contributed by atoms with E-state index in [1.807, 2.05) is 13.8 Å². The van der Waals surface area contributed by atoms with Crippen LogP contribution in [0, 0.1) is 5.92 Å². The van der Waals surface area contributed by atoms with Crippen LogP contribution in [0.2, 0.25) is 0 Å². The van der Waals surface area contributed by atoms with Crippen molar-refractivity contribution in [1.29, 1.82) is 0 Å². The van der Waals surface area contributed by atoms with Crippen molar-refractivity contribution in [1.82, 2.24) is 5.32 Å². The zero-order valence-corrected chi connectivity index (χ0v) is 8.91. The highest BCUT2D eigenvalue weighted by Crippen LogP contribution is 2.02. The summed E-state index contributed by atoms with van der Waals surface area (Å²) in [5, 5.41) is 2.47. The van der Waals surface area contributed by atoms with Crippen LogP contribution in [0.1, 0.15) is 27.2 Å². The van der Waals surface area contributed by atoms with Gasteiger partial charge in [-0.3, -0.25) is 9.59 Å². The molecule has 2 unspecified atom stereocenters. The summed E-state index contributed by atoms with van der Waals surface area (Å²) in [6.07, 6.45) is 0.218. The molecule has 2 amide bonds. The first-order valence-corrected chi connectivity index (χ1v) is 4.68. The molecule has 5 heteroatoms. The van der Waals surface area contributed by atoms with E-state index in [1.54, 1.807) is 6.92 Å². The van der Waals surface area contributed by atoms with Crippen LogP contribution >= 0.6 is 0 Å². The predicted octanol–water partition coefficient (Wildman–Crippen LogP) is -0.650. The number of nitrogens with one attached hydrogen (secondary N) is 1. The lowest BCUT2D eigenvalue weighted by Crippen LogP contribution is -2.44. The molecule has 0 fully saturated rings. The lowest BCUT2D eigenvalue weighted by atomic mass is 10.0. The quantitative estimate of drug-likeness (QED) is 0.551. The van der Waals surface area contributed by atoms with Crippen LogP contribution < -0.4 is 16.8 Å². The third-order valence-corrected chi connectivity index (χ3v) is 2.08. The molecule has 0 heterocycles. The zero-order valence-electron chi connectivity index (χ0n) is 8.91. The fraction of sp³-hybridized carbons (Fsp3) is 0.778. The van der Waals surface area contributed by atoms with Gasteiger partial charge in [-0.25, -0.2) is 0 Å². The molecule has 0 aromatic rings. The second-order valence-corrected chi connectivity index (χ2v) is 3.80. The molecular weight excluding hydrogens is 182 g/mol. The van der Waals surface area contributed by atoms with Gasteiger partial charge in [-0.2, -0.15) is 0 Å². The highest BCUT2D eigenvalue weighted by molar-refractivity contribution is 5.86. The molecule has 0 bridgehead atoms. The van der Waals surface area contributed by atoms with E-state index in [1.165, 1.54) is 0 Å². The summed E-state index contributed by atoms with van der Waals surface area (Å²) >= 11 is 0. The van der Waals surface area contributed by atoms with Crippen molar-refractivity contribution >= 4 is 11.8 Å². The molecule has 0 aliphatic carbocycles. The zero-order chi connectivity index (χ0) is 11.3. The smallest absolute Gasteiger partial charge is 0.239 e. The van der Waals surface area contributed by atoms with Crippen LogP contribution in [0.5, 0.6) is 0 Å². The van der Waals surface area contributed by atoms with Gasteiger partial charge < -0.3 is 16.8 Å². The maximum Gasteiger partial charge on any atom is 0.239 e. The standard InChI is InChI=1S/C9H19N3O2/c1-5(2)7(10)4-8(13)12-6(3)9(11)14/h5-7H,4,10H2,1-3H3,(H2,11,14)(H,12,13). The van der Waals surface area contributed by atoms with E-state index in [-0.39, 0.29) is 24.3 Å². The van der Waals surface area contributed by atoms with E-state index >= 15 is 0 Å². The largest absolute Gasteiger partial charge is 0.368 e. The number of amides is 2. The first-order chi connectivity index (χ1) is 6.34. The summed E-state index contributed by atoms with van der Waals surface area (Å²) in [4.78, 5) is 21.9. The Labute approximate surface area is 84.2 Å². The highest BCUT2D eigenvalue weighted by atomic mass is 16.2. The third-order valence-electron chi connectivity index (χ3n) is 2.08. The Kier molecular flexibility index (Phi) is 5.15. The van der Waals surface area contributed by atoms with Gasteiger partial charge in [0.2, 0.25) is 11.8 Å². The van der Waals surface area contributed by atoms with Crippen molar-refractivity contribution in [2.45, 2.75) is 39.3 Å². The summed E-state index contributed by atoms with van der Waals surface area (Å²) in [6, 6.07) is -0.822. The van der Waals surface area contributed by atoms with Crippen LogP contribution in [-0.4, -0.2) is 23.9 Å². The van der Waals surface area contributed by atoms with Crippen molar-refractivity contribution in [2.24, 2.45) is 17.4 Å². The predicted molar refractivity (Wildman–Crippen MR) is 54.2 cm³/mol. The van der Waals surface area contributed by atoms with E-state index in [0.717, 1.165) is 0 Å². The average molecular weight is 201 g/mol. The Balaban J connectivity index is 3.93. The number of primary amides is 1. The van der Waals surface area contributed by atoms with Gasteiger partial charge in [-0.1, -0.05) is 13.8 Å². The maximum atomic E-state index is 11.3. The Morgan fingerprint density at radius 2 is 1.79 bits per heavy atom. The van der Waals surface area contributed by atoms with Crippen LogP contribution in [-0.2, 0) is 9.59 Å². The van der Waals surface area contributed by atoms with Gasteiger partial charge in [-0.15, -0.1) is 0 Å². The molecule has 0 radical (unpaired) electrons. The van der Waals surface area contributed by atoms with Gasteiger partial charge in [0.15, 0.2) is 0 Å². The van der Waals surface area contributed by atoms with Crippen LogP contribution in [0.15, 0.2) is 0 Å². The molecule has 0 aliphatic rings. The summed E-state index contributed by atoms with van der Waals surface area (Å²) in [7, 11) is 0. The lowest BCUT2D eigenvalue weighted by molar-refractivity contribution is -0.127. The molecule has 2 atom stereocenters. The number of nitrogens with two attached hydrogens (primary N) is 2. The number of rotatable bonds is 5. The Morgan fingerprint density at radius 3 is 2.14 bits per heavy atom. The summed E-state index contributed by atoms with van der Waals surface area (Å²) in [5.74, 6) is -0.543. The molecule has 0 saturated carbocycles. The molecule has 0 saturated heterocycles. The van der Waals surface area contributed by atoms with Crippen molar-refractivity contribution in [3.05, 3.63) is 0 Å². The van der Waals surface area contributed by atoms with Crippen molar-refractivity contribution < 1.29 is 9.59 Å². The second kappa shape index (κ2) is 5.59. The van der Waals surface area contributed by atoms with Crippen LogP contribution in [0.4, 0.5) is 0 Å². The minimum absolute atomic E-state index is 0.185. The molecule has 0 aromatic carbocycles. The third kappa shape index (κ3) is 4.81. The van der Waals surface area contributed by atoms with Crippen molar-refractivity contribution in [2.75, 3.05) is 0 Å². The number of hydrogen-bond donors (Lipinski definition) is 3. The molecule has 5 N–H and O–H groups in total. The SMILES string of the molecule is CC(NC(=O)CC(N)C(C)C)C(N)=O. The Hall–Kier alpha value is -1.10. The molecule has 82 valence electrons. The molecular formula is C9H19N3O2. The lowest BCUT2D eigenvalue weighted by Gasteiger charge is -2.16. The molecule has 0 aromatic heterocycles. The summed E-state index contributed by atoms with van der Waals surface area (Å²) in [5.41, 5.74) is 10.7. The maximum absolute atomic E-state index is 11.3. The fourth-order valence-electron chi connectivity index (χ4n) is 0.821. The van der Waals surface area contributed by atoms with E-state index in [2.05, 4.69) is 5.32 Å². The van der Waals surface area contributed by atoms with Crippen molar-refractivity contribution in [3.8, 4) is 0 Å². The minimum Gasteiger partial charge on any atom is -0.368 e. The molecule has 0 rings (SSSR count). The van der Waals surface area contributed by atoms with Gasteiger partial charge >= 0.3 is 0 Å².